The molecular formula is C21H25N3O3S. The summed E-state index contributed by atoms with van der Waals surface area (Å²) in [7, 11) is -0.352. The Bertz CT molecular complexity index is 1000. The molecule has 0 saturated carbocycles. The highest BCUT2D eigenvalue weighted by Crippen LogP contribution is 2.25. The Hall–Kier alpha value is -2.48. The highest BCUT2D eigenvalue weighted by atomic mass is 32.2. The Morgan fingerprint density at radius 2 is 1.68 bits per heavy atom. The second kappa shape index (κ2) is 8.68. The van der Waals surface area contributed by atoms with E-state index >= 15 is 0 Å². The standard InChI is InChI=1S/C21H25N3O3S/c1-17(27-3)16-28(25,26)23(2)14-19-15-24(20-12-8-5-9-13-20)22-21(19)18-10-6-4-7-11-18/h4-13,15,17H,14,16H2,1-3H3/t17-/m0/s1. The van der Waals surface area contributed by atoms with E-state index in [1.807, 2.05) is 66.9 Å². The molecule has 6 nitrogen and oxygen atoms in total. The molecule has 0 aliphatic rings. The molecule has 3 rings (SSSR count). The van der Waals surface area contributed by atoms with Gasteiger partial charge in [0, 0.05) is 38.0 Å². The number of methoxy groups -OCH3 is 1. The lowest BCUT2D eigenvalue weighted by Crippen LogP contribution is -2.33. The van der Waals surface area contributed by atoms with E-state index in [-0.39, 0.29) is 18.4 Å². The highest BCUT2D eigenvalue weighted by Gasteiger charge is 2.23. The molecule has 0 N–H and O–H groups in total. The predicted octanol–water partition coefficient (Wildman–Crippen LogP) is 3.34. The van der Waals surface area contributed by atoms with Gasteiger partial charge in [-0.05, 0) is 19.1 Å². The first kappa shape index (κ1) is 20.3. The van der Waals surface area contributed by atoms with E-state index in [2.05, 4.69) is 0 Å². The fourth-order valence-corrected chi connectivity index (χ4v) is 4.23. The van der Waals surface area contributed by atoms with Crippen molar-refractivity contribution < 1.29 is 13.2 Å². The molecular weight excluding hydrogens is 374 g/mol. The minimum Gasteiger partial charge on any atom is -0.381 e. The van der Waals surface area contributed by atoms with Crippen LogP contribution >= 0.6 is 0 Å². The van der Waals surface area contributed by atoms with Crippen LogP contribution in [0.4, 0.5) is 0 Å². The van der Waals surface area contributed by atoms with E-state index in [9.17, 15) is 8.42 Å². The van der Waals surface area contributed by atoms with Crippen molar-refractivity contribution in [2.24, 2.45) is 0 Å². The van der Waals surface area contributed by atoms with Gasteiger partial charge < -0.3 is 4.74 Å². The molecule has 0 aliphatic heterocycles. The van der Waals surface area contributed by atoms with Gasteiger partial charge in [0.1, 0.15) is 0 Å². The number of hydrogen-bond acceptors (Lipinski definition) is 4. The molecule has 3 aromatic rings. The van der Waals surface area contributed by atoms with Gasteiger partial charge in [-0.15, -0.1) is 0 Å². The van der Waals surface area contributed by atoms with Crippen LogP contribution in [0.5, 0.6) is 0 Å². The van der Waals surface area contributed by atoms with Gasteiger partial charge >= 0.3 is 0 Å². The largest absolute Gasteiger partial charge is 0.381 e. The van der Waals surface area contributed by atoms with Gasteiger partial charge in [-0.3, -0.25) is 0 Å². The van der Waals surface area contributed by atoms with Gasteiger partial charge in [-0.2, -0.15) is 5.10 Å². The zero-order valence-electron chi connectivity index (χ0n) is 16.3. The van der Waals surface area contributed by atoms with Crippen LogP contribution in [0.15, 0.2) is 66.9 Å². The third kappa shape index (κ3) is 4.67. The lowest BCUT2D eigenvalue weighted by Gasteiger charge is -2.19. The van der Waals surface area contributed by atoms with Crippen LogP contribution in [0.1, 0.15) is 12.5 Å². The van der Waals surface area contributed by atoms with Crippen molar-refractivity contribution in [3.63, 3.8) is 0 Å². The number of para-hydroxylation sites is 1. The van der Waals surface area contributed by atoms with Gasteiger partial charge in [0.2, 0.25) is 10.0 Å². The average Bonchev–Trinajstić information content (AvgIpc) is 3.12. The molecule has 0 radical (unpaired) electrons. The van der Waals surface area contributed by atoms with E-state index in [0.29, 0.717) is 0 Å². The zero-order valence-corrected chi connectivity index (χ0v) is 17.1. The molecule has 2 aromatic carbocycles. The van der Waals surface area contributed by atoms with Crippen molar-refractivity contribution >= 4 is 10.0 Å². The number of rotatable bonds is 8. The second-order valence-electron chi connectivity index (χ2n) is 6.73. The molecule has 7 heteroatoms. The smallest absolute Gasteiger partial charge is 0.216 e. The minimum atomic E-state index is -3.45. The van der Waals surface area contributed by atoms with E-state index in [1.165, 1.54) is 11.4 Å². The van der Waals surface area contributed by atoms with E-state index in [4.69, 9.17) is 9.84 Å². The van der Waals surface area contributed by atoms with Crippen molar-refractivity contribution in [1.82, 2.24) is 14.1 Å². The lowest BCUT2D eigenvalue weighted by molar-refractivity contribution is 0.135. The Balaban J connectivity index is 1.96. The Morgan fingerprint density at radius 3 is 2.29 bits per heavy atom. The van der Waals surface area contributed by atoms with Gasteiger partial charge in [-0.1, -0.05) is 48.5 Å². The summed E-state index contributed by atoms with van der Waals surface area (Å²) in [5.41, 5.74) is 3.48. The fourth-order valence-electron chi connectivity index (χ4n) is 2.91. The van der Waals surface area contributed by atoms with Crippen molar-refractivity contribution in [2.75, 3.05) is 19.9 Å². The van der Waals surface area contributed by atoms with Gasteiger partial charge in [0.25, 0.3) is 0 Å². The first-order valence-electron chi connectivity index (χ1n) is 9.07. The molecule has 0 amide bonds. The topological polar surface area (TPSA) is 64.4 Å². The maximum absolute atomic E-state index is 12.6. The molecule has 148 valence electrons. The number of ether oxygens (including phenoxy) is 1. The van der Waals surface area contributed by atoms with Gasteiger partial charge in [-0.25, -0.2) is 17.4 Å². The molecule has 0 aliphatic carbocycles. The van der Waals surface area contributed by atoms with E-state index < -0.39 is 10.0 Å². The summed E-state index contributed by atoms with van der Waals surface area (Å²) in [6, 6.07) is 19.6. The molecule has 0 saturated heterocycles. The Kier molecular flexibility index (Phi) is 6.28. The van der Waals surface area contributed by atoms with Crippen molar-refractivity contribution in [1.29, 1.82) is 0 Å². The molecule has 0 unspecified atom stereocenters. The highest BCUT2D eigenvalue weighted by molar-refractivity contribution is 7.89. The molecule has 0 bridgehead atoms. The van der Waals surface area contributed by atoms with Gasteiger partial charge in [0.05, 0.1) is 23.2 Å². The van der Waals surface area contributed by atoms with Crippen molar-refractivity contribution in [3.05, 3.63) is 72.4 Å². The van der Waals surface area contributed by atoms with Crippen LogP contribution in [0, 0.1) is 0 Å². The van der Waals surface area contributed by atoms with Crippen LogP contribution < -0.4 is 0 Å². The fraction of sp³-hybridized carbons (Fsp3) is 0.286. The third-order valence-electron chi connectivity index (χ3n) is 4.57. The number of hydrogen-bond donors (Lipinski definition) is 0. The van der Waals surface area contributed by atoms with E-state index in [0.717, 1.165) is 22.5 Å². The molecule has 1 aromatic heterocycles. The summed E-state index contributed by atoms with van der Waals surface area (Å²) in [5.74, 6) is -0.0620. The molecule has 0 spiro atoms. The van der Waals surface area contributed by atoms with Crippen LogP contribution in [-0.2, 0) is 21.3 Å². The number of sulfonamides is 1. The Labute approximate surface area is 166 Å². The number of benzene rings is 2. The normalized spacial score (nSPS) is 13.0. The Morgan fingerprint density at radius 1 is 1.07 bits per heavy atom. The monoisotopic (exact) mass is 399 g/mol. The lowest BCUT2D eigenvalue weighted by atomic mass is 10.1. The summed E-state index contributed by atoms with van der Waals surface area (Å²) < 4.78 is 33.6. The zero-order chi connectivity index (χ0) is 20.1. The van der Waals surface area contributed by atoms with Crippen LogP contribution in [0.2, 0.25) is 0 Å². The quantitative estimate of drug-likeness (QED) is 0.583. The van der Waals surface area contributed by atoms with E-state index in [1.54, 1.807) is 18.7 Å². The SMILES string of the molecule is CO[C@@H](C)CS(=O)(=O)N(C)Cc1cn(-c2ccccc2)nc1-c1ccccc1. The summed E-state index contributed by atoms with van der Waals surface area (Å²) >= 11 is 0. The summed E-state index contributed by atoms with van der Waals surface area (Å²) in [4.78, 5) is 0. The maximum atomic E-state index is 12.6. The summed E-state index contributed by atoms with van der Waals surface area (Å²) in [6.07, 6.45) is 1.52. The summed E-state index contributed by atoms with van der Waals surface area (Å²) in [6.45, 7) is 1.98. The van der Waals surface area contributed by atoms with Crippen LogP contribution in [0.25, 0.3) is 16.9 Å². The van der Waals surface area contributed by atoms with Crippen LogP contribution in [-0.4, -0.2) is 48.5 Å². The third-order valence-corrected chi connectivity index (χ3v) is 6.54. The molecule has 1 atom stereocenters. The second-order valence-corrected chi connectivity index (χ2v) is 8.85. The average molecular weight is 400 g/mol. The van der Waals surface area contributed by atoms with Gasteiger partial charge in [0.15, 0.2) is 0 Å². The number of nitrogens with zero attached hydrogens (tertiary/aromatic N) is 3. The maximum Gasteiger partial charge on any atom is 0.216 e. The molecule has 0 fully saturated rings. The molecule has 1 heterocycles. The van der Waals surface area contributed by atoms with Crippen LogP contribution in [0.3, 0.4) is 0 Å². The number of aromatic nitrogens is 2. The first-order chi connectivity index (χ1) is 13.4. The minimum absolute atomic E-state index is 0.0620. The predicted molar refractivity (Wildman–Crippen MR) is 111 cm³/mol. The van der Waals surface area contributed by atoms with Crippen molar-refractivity contribution in [2.45, 2.75) is 19.6 Å². The summed E-state index contributed by atoms with van der Waals surface area (Å²) in [5, 5.41) is 4.73. The molecule has 28 heavy (non-hydrogen) atoms. The first-order valence-corrected chi connectivity index (χ1v) is 10.7. The van der Waals surface area contributed by atoms with Crippen molar-refractivity contribution in [3.8, 4) is 16.9 Å².